The van der Waals surface area contributed by atoms with Crippen molar-refractivity contribution in [2.75, 3.05) is 29.9 Å². The summed E-state index contributed by atoms with van der Waals surface area (Å²) in [6.45, 7) is 3.29. The molecule has 1 amide bonds. The lowest BCUT2D eigenvalue weighted by Gasteiger charge is -2.28. The minimum Gasteiger partial charge on any atom is -0.508 e. The standard InChI is InChI=1S/C25H29N3O3/c29-24-9-3-2-7-20(24)17-27(18-23-8-6-16-31-23)19-25(30)26-21-10-12-22(13-11-21)28-14-4-1-5-15-28/h2-3,6-13,16,29H,1,4-5,14-15,17-19H2,(H,26,30). The average molecular weight is 420 g/mol. The number of anilines is 2. The number of piperidine rings is 1. The molecule has 0 spiro atoms. The number of benzene rings is 2. The Balaban J connectivity index is 1.38. The molecule has 0 bridgehead atoms. The van der Waals surface area contributed by atoms with Gasteiger partial charge >= 0.3 is 0 Å². The zero-order valence-electron chi connectivity index (χ0n) is 17.7. The molecular weight excluding hydrogens is 390 g/mol. The van der Waals surface area contributed by atoms with Gasteiger partial charge in [-0.25, -0.2) is 0 Å². The molecule has 0 unspecified atom stereocenters. The van der Waals surface area contributed by atoms with Crippen LogP contribution >= 0.6 is 0 Å². The number of nitrogens with one attached hydrogen (secondary N) is 1. The molecule has 0 aliphatic carbocycles. The highest BCUT2D eigenvalue weighted by molar-refractivity contribution is 5.92. The van der Waals surface area contributed by atoms with E-state index >= 15 is 0 Å². The molecular formula is C25H29N3O3. The third-order valence-electron chi connectivity index (χ3n) is 5.58. The molecule has 2 aromatic carbocycles. The van der Waals surface area contributed by atoms with E-state index in [0.29, 0.717) is 13.1 Å². The summed E-state index contributed by atoms with van der Waals surface area (Å²) in [6, 6.07) is 19.0. The van der Waals surface area contributed by atoms with Crippen molar-refractivity contribution in [3.05, 3.63) is 78.3 Å². The number of carbonyl (C=O) groups is 1. The first-order chi connectivity index (χ1) is 15.2. The number of amides is 1. The second-order valence-corrected chi connectivity index (χ2v) is 8.00. The molecule has 1 aliphatic rings. The second-order valence-electron chi connectivity index (χ2n) is 8.00. The number of hydrogen-bond acceptors (Lipinski definition) is 5. The highest BCUT2D eigenvalue weighted by Gasteiger charge is 2.16. The molecule has 0 radical (unpaired) electrons. The lowest BCUT2D eigenvalue weighted by molar-refractivity contribution is -0.117. The van der Waals surface area contributed by atoms with Gasteiger partial charge in [-0.05, 0) is 61.7 Å². The zero-order chi connectivity index (χ0) is 21.5. The van der Waals surface area contributed by atoms with Crippen molar-refractivity contribution in [2.45, 2.75) is 32.4 Å². The monoisotopic (exact) mass is 419 g/mol. The summed E-state index contributed by atoms with van der Waals surface area (Å²) in [5.41, 5.74) is 2.76. The maximum absolute atomic E-state index is 12.8. The molecule has 1 aliphatic heterocycles. The SMILES string of the molecule is O=C(CN(Cc1ccco1)Cc1ccccc1O)Nc1ccc(N2CCCCC2)cc1. The molecule has 6 nitrogen and oxygen atoms in total. The van der Waals surface area contributed by atoms with Crippen LogP contribution in [0, 0.1) is 0 Å². The minimum absolute atomic E-state index is 0.104. The van der Waals surface area contributed by atoms with E-state index in [-0.39, 0.29) is 18.2 Å². The smallest absolute Gasteiger partial charge is 0.238 e. The van der Waals surface area contributed by atoms with Crippen molar-refractivity contribution in [1.29, 1.82) is 0 Å². The number of para-hydroxylation sites is 1. The highest BCUT2D eigenvalue weighted by Crippen LogP contribution is 2.22. The van der Waals surface area contributed by atoms with Crippen molar-refractivity contribution in [2.24, 2.45) is 0 Å². The van der Waals surface area contributed by atoms with E-state index < -0.39 is 0 Å². The molecule has 4 rings (SSSR count). The van der Waals surface area contributed by atoms with Crippen LogP contribution in [0.15, 0.2) is 71.3 Å². The Morgan fingerprint density at radius 1 is 0.968 bits per heavy atom. The van der Waals surface area contributed by atoms with Crippen LogP contribution in [0.5, 0.6) is 5.75 Å². The molecule has 6 heteroatoms. The number of aromatic hydroxyl groups is 1. The van der Waals surface area contributed by atoms with E-state index in [1.807, 2.05) is 41.3 Å². The first-order valence-electron chi connectivity index (χ1n) is 10.8. The van der Waals surface area contributed by atoms with Crippen LogP contribution in [-0.2, 0) is 17.9 Å². The second kappa shape index (κ2) is 10.2. The van der Waals surface area contributed by atoms with Crippen molar-refractivity contribution in [1.82, 2.24) is 4.90 Å². The van der Waals surface area contributed by atoms with Gasteiger partial charge in [-0.3, -0.25) is 9.69 Å². The number of nitrogens with zero attached hydrogens (tertiary/aromatic N) is 2. The van der Waals surface area contributed by atoms with E-state index in [9.17, 15) is 9.90 Å². The average Bonchev–Trinajstić information content (AvgIpc) is 3.29. The fourth-order valence-electron chi connectivity index (χ4n) is 3.99. The topological polar surface area (TPSA) is 69.0 Å². The Labute approximate surface area is 183 Å². The van der Waals surface area contributed by atoms with Gasteiger partial charge in [-0.2, -0.15) is 0 Å². The fourth-order valence-corrected chi connectivity index (χ4v) is 3.99. The predicted molar refractivity (Wildman–Crippen MR) is 122 cm³/mol. The lowest BCUT2D eigenvalue weighted by Crippen LogP contribution is -2.32. The maximum atomic E-state index is 12.8. The molecule has 162 valence electrons. The molecule has 0 saturated carbocycles. The van der Waals surface area contributed by atoms with Gasteiger partial charge in [0, 0.05) is 36.6 Å². The van der Waals surface area contributed by atoms with Crippen molar-refractivity contribution in [3.8, 4) is 5.75 Å². The molecule has 2 N–H and O–H groups in total. The molecule has 31 heavy (non-hydrogen) atoms. The van der Waals surface area contributed by atoms with Crippen molar-refractivity contribution >= 4 is 17.3 Å². The zero-order valence-corrected chi connectivity index (χ0v) is 17.7. The Kier molecular flexibility index (Phi) is 6.89. The largest absolute Gasteiger partial charge is 0.508 e. The molecule has 0 atom stereocenters. The predicted octanol–water partition coefficient (Wildman–Crippen LogP) is 4.62. The number of carbonyl (C=O) groups excluding carboxylic acids is 1. The summed E-state index contributed by atoms with van der Waals surface area (Å²) < 4.78 is 5.46. The lowest BCUT2D eigenvalue weighted by atomic mass is 10.1. The minimum atomic E-state index is -0.104. The first kappa shape index (κ1) is 21.0. The van der Waals surface area contributed by atoms with Gasteiger partial charge in [0.05, 0.1) is 19.4 Å². The number of phenols is 1. The van der Waals surface area contributed by atoms with Crippen LogP contribution in [0.3, 0.4) is 0 Å². The molecule has 2 heterocycles. The van der Waals surface area contributed by atoms with E-state index in [1.54, 1.807) is 18.4 Å². The van der Waals surface area contributed by atoms with Crippen LogP contribution < -0.4 is 10.2 Å². The molecule has 3 aromatic rings. The van der Waals surface area contributed by atoms with E-state index in [2.05, 4.69) is 22.3 Å². The Bertz CT molecular complexity index is 964. The molecule has 1 fully saturated rings. The fraction of sp³-hybridized carbons (Fsp3) is 0.320. The number of furan rings is 1. The summed E-state index contributed by atoms with van der Waals surface area (Å²) in [5.74, 6) is 0.891. The summed E-state index contributed by atoms with van der Waals surface area (Å²) in [4.78, 5) is 17.1. The molecule has 1 aromatic heterocycles. The van der Waals surface area contributed by atoms with E-state index in [1.165, 1.54) is 24.9 Å². The van der Waals surface area contributed by atoms with Gasteiger partial charge < -0.3 is 19.7 Å². The van der Waals surface area contributed by atoms with Crippen LogP contribution in [0.25, 0.3) is 0 Å². The van der Waals surface area contributed by atoms with E-state index in [4.69, 9.17) is 4.42 Å². The van der Waals surface area contributed by atoms with Crippen molar-refractivity contribution < 1.29 is 14.3 Å². The van der Waals surface area contributed by atoms with Gasteiger partial charge in [0.1, 0.15) is 11.5 Å². The van der Waals surface area contributed by atoms with Crippen molar-refractivity contribution in [3.63, 3.8) is 0 Å². The quantitative estimate of drug-likeness (QED) is 0.558. The van der Waals surface area contributed by atoms with Gasteiger partial charge in [0.2, 0.25) is 5.91 Å². The van der Waals surface area contributed by atoms with Crippen LogP contribution in [-0.4, -0.2) is 35.5 Å². The van der Waals surface area contributed by atoms with Gasteiger partial charge in [0.15, 0.2) is 0 Å². The summed E-state index contributed by atoms with van der Waals surface area (Å²) in [5, 5.41) is 13.1. The van der Waals surface area contributed by atoms with Crippen LogP contribution in [0.1, 0.15) is 30.6 Å². The third-order valence-corrected chi connectivity index (χ3v) is 5.58. The maximum Gasteiger partial charge on any atom is 0.238 e. The first-order valence-corrected chi connectivity index (χ1v) is 10.8. The summed E-state index contributed by atoms with van der Waals surface area (Å²) >= 11 is 0. The summed E-state index contributed by atoms with van der Waals surface area (Å²) in [7, 11) is 0. The Morgan fingerprint density at radius 2 is 1.74 bits per heavy atom. The van der Waals surface area contributed by atoms with Gasteiger partial charge in [-0.1, -0.05) is 18.2 Å². The van der Waals surface area contributed by atoms with Gasteiger partial charge in [0.25, 0.3) is 0 Å². The van der Waals surface area contributed by atoms with Crippen LogP contribution in [0.4, 0.5) is 11.4 Å². The van der Waals surface area contributed by atoms with Crippen LogP contribution in [0.2, 0.25) is 0 Å². The Morgan fingerprint density at radius 3 is 2.45 bits per heavy atom. The normalized spacial score (nSPS) is 14.0. The molecule has 1 saturated heterocycles. The van der Waals surface area contributed by atoms with Gasteiger partial charge in [-0.15, -0.1) is 0 Å². The number of phenolic OH excluding ortho intramolecular Hbond substituents is 1. The Hall–Kier alpha value is -3.25. The number of rotatable bonds is 8. The number of hydrogen-bond donors (Lipinski definition) is 2. The third kappa shape index (κ3) is 5.89. The highest BCUT2D eigenvalue weighted by atomic mass is 16.3. The van der Waals surface area contributed by atoms with E-state index in [0.717, 1.165) is 30.1 Å². The summed E-state index contributed by atoms with van der Waals surface area (Å²) in [6.07, 6.45) is 5.40.